The highest BCUT2D eigenvalue weighted by atomic mass is 32.1. The van der Waals surface area contributed by atoms with Gasteiger partial charge in [0.1, 0.15) is 0 Å². The molecule has 1 amide bonds. The predicted octanol–water partition coefficient (Wildman–Crippen LogP) is 1.54. The highest BCUT2D eigenvalue weighted by Gasteiger charge is 2.18. The minimum atomic E-state index is -0.781. The van der Waals surface area contributed by atoms with E-state index in [0.717, 1.165) is 25.7 Å². The Kier molecular flexibility index (Phi) is 7.73. The standard InChI is InChI=1S/C15H20N4O5S/c1-9(2)4-5-16-15(25)18-17-13(20)10-6-11(14(21)24-3)8-12(7-10)19(22)23/h6-9H,4-5H2,1-3H3,(H,17,20)(H2,16,18,25). The number of nitro benzene ring substituents is 1. The third-order valence-corrected chi connectivity index (χ3v) is 3.36. The third-order valence-electron chi connectivity index (χ3n) is 3.11. The van der Waals surface area contributed by atoms with Crippen molar-refractivity contribution < 1.29 is 19.2 Å². The first kappa shape index (κ1) is 20.3. The molecule has 0 fully saturated rings. The van der Waals surface area contributed by atoms with Crippen LogP contribution in [0.3, 0.4) is 0 Å². The van der Waals surface area contributed by atoms with E-state index in [-0.39, 0.29) is 16.2 Å². The van der Waals surface area contributed by atoms with Crippen LogP contribution >= 0.6 is 12.2 Å². The number of nitrogens with one attached hydrogen (secondary N) is 3. The Hall–Kier alpha value is -2.75. The molecular formula is C15H20N4O5S. The average molecular weight is 368 g/mol. The predicted molar refractivity (Wildman–Crippen MR) is 95.1 cm³/mol. The molecule has 0 aliphatic rings. The number of thiocarbonyl (C=S) groups is 1. The number of nitro groups is 1. The van der Waals surface area contributed by atoms with Crippen molar-refractivity contribution in [2.24, 2.45) is 5.92 Å². The Morgan fingerprint density at radius 3 is 2.44 bits per heavy atom. The average Bonchev–Trinajstić information content (AvgIpc) is 2.58. The van der Waals surface area contributed by atoms with Gasteiger partial charge in [-0.2, -0.15) is 0 Å². The minimum Gasteiger partial charge on any atom is -0.465 e. The number of carbonyl (C=O) groups excluding carboxylic acids is 2. The molecular weight excluding hydrogens is 348 g/mol. The van der Waals surface area contributed by atoms with Gasteiger partial charge in [0.2, 0.25) is 0 Å². The van der Waals surface area contributed by atoms with Crippen molar-refractivity contribution in [2.45, 2.75) is 20.3 Å². The van der Waals surface area contributed by atoms with Gasteiger partial charge < -0.3 is 10.1 Å². The molecule has 0 saturated heterocycles. The van der Waals surface area contributed by atoms with E-state index in [1.807, 2.05) is 0 Å². The van der Waals surface area contributed by atoms with Crippen molar-refractivity contribution in [3.05, 3.63) is 39.4 Å². The van der Waals surface area contributed by atoms with Crippen LogP contribution in [0.25, 0.3) is 0 Å². The second kappa shape index (κ2) is 9.52. The molecule has 0 heterocycles. The summed E-state index contributed by atoms with van der Waals surface area (Å²) < 4.78 is 4.53. The van der Waals surface area contributed by atoms with Crippen LogP contribution in [0.5, 0.6) is 0 Å². The molecule has 0 radical (unpaired) electrons. The van der Waals surface area contributed by atoms with Crippen molar-refractivity contribution in [1.29, 1.82) is 0 Å². The van der Waals surface area contributed by atoms with E-state index >= 15 is 0 Å². The van der Waals surface area contributed by atoms with Gasteiger partial charge in [0.15, 0.2) is 5.11 Å². The SMILES string of the molecule is COC(=O)c1cc(C(=O)NNC(=S)NCCC(C)C)cc([N+](=O)[O-])c1. The number of nitrogens with zero attached hydrogens (tertiary/aromatic N) is 1. The Morgan fingerprint density at radius 1 is 1.24 bits per heavy atom. The van der Waals surface area contributed by atoms with Crippen molar-refractivity contribution in [3.63, 3.8) is 0 Å². The van der Waals surface area contributed by atoms with Crippen LogP contribution in [0, 0.1) is 16.0 Å². The van der Waals surface area contributed by atoms with Crippen LogP contribution in [0.15, 0.2) is 18.2 Å². The monoisotopic (exact) mass is 368 g/mol. The highest BCUT2D eigenvalue weighted by Crippen LogP contribution is 2.18. The highest BCUT2D eigenvalue weighted by molar-refractivity contribution is 7.80. The topological polar surface area (TPSA) is 123 Å². The maximum absolute atomic E-state index is 12.1. The first-order valence-electron chi connectivity index (χ1n) is 7.46. The number of hydrogen-bond donors (Lipinski definition) is 3. The number of methoxy groups -OCH3 is 1. The number of carbonyl (C=O) groups is 2. The van der Waals surface area contributed by atoms with E-state index in [9.17, 15) is 19.7 Å². The van der Waals surface area contributed by atoms with Crippen molar-refractivity contribution in [3.8, 4) is 0 Å². The van der Waals surface area contributed by atoms with Gasteiger partial charge in [0.25, 0.3) is 11.6 Å². The molecule has 0 unspecified atom stereocenters. The molecule has 0 bridgehead atoms. The van der Waals surface area contributed by atoms with E-state index in [2.05, 4.69) is 34.8 Å². The molecule has 9 nitrogen and oxygen atoms in total. The maximum Gasteiger partial charge on any atom is 0.338 e. The van der Waals surface area contributed by atoms with Gasteiger partial charge in [-0.05, 0) is 30.6 Å². The zero-order chi connectivity index (χ0) is 19.0. The normalized spacial score (nSPS) is 10.1. The lowest BCUT2D eigenvalue weighted by atomic mass is 10.1. The van der Waals surface area contributed by atoms with E-state index in [4.69, 9.17) is 12.2 Å². The van der Waals surface area contributed by atoms with E-state index in [0.29, 0.717) is 12.5 Å². The van der Waals surface area contributed by atoms with Crippen LogP contribution in [-0.2, 0) is 4.74 Å². The van der Waals surface area contributed by atoms with E-state index < -0.39 is 22.5 Å². The molecule has 1 aromatic carbocycles. The lowest BCUT2D eigenvalue weighted by Gasteiger charge is -2.12. The lowest BCUT2D eigenvalue weighted by Crippen LogP contribution is -2.47. The summed E-state index contributed by atoms with van der Waals surface area (Å²) in [5, 5.41) is 14.1. The summed E-state index contributed by atoms with van der Waals surface area (Å²) >= 11 is 5.01. The first-order valence-corrected chi connectivity index (χ1v) is 7.87. The molecule has 0 spiro atoms. The van der Waals surface area contributed by atoms with Crippen molar-refractivity contribution in [2.75, 3.05) is 13.7 Å². The largest absolute Gasteiger partial charge is 0.465 e. The number of hydrogen-bond acceptors (Lipinski definition) is 6. The second-order valence-electron chi connectivity index (χ2n) is 5.53. The second-order valence-corrected chi connectivity index (χ2v) is 5.94. The third kappa shape index (κ3) is 6.71. The molecule has 1 aromatic rings. The number of non-ortho nitro benzene ring substituents is 1. The number of benzene rings is 1. The van der Waals surface area contributed by atoms with Crippen molar-refractivity contribution in [1.82, 2.24) is 16.2 Å². The molecule has 3 N–H and O–H groups in total. The Morgan fingerprint density at radius 2 is 1.88 bits per heavy atom. The molecule has 0 aliphatic carbocycles. The Balaban J connectivity index is 2.77. The summed E-state index contributed by atoms with van der Waals surface area (Å²) in [6.45, 7) is 4.78. The van der Waals surface area contributed by atoms with Gasteiger partial charge in [-0.3, -0.25) is 25.8 Å². The zero-order valence-corrected chi connectivity index (χ0v) is 14.9. The van der Waals surface area contributed by atoms with Gasteiger partial charge in [-0.25, -0.2) is 4.79 Å². The van der Waals surface area contributed by atoms with Crippen LogP contribution in [-0.4, -0.2) is 35.6 Å². The zero-order valence-electron chi connectivity index (χ0n) is 14.1. The number of amides is 1. The number of esters is 1. The number of ether oxygens (including phenoxy) is 1. The molecule has 1 rings (SSSR count). The summed E-state index contributed by atoms with van der Waals surface area (Å²) in [7, 11) is 1.14. The van der Waals surface area contributed by atoms with Crippen LogP contribution in [0.4, 0.5) is 5.69 Å². The smallest absolute Gasteiger partial charge is 0.338 e. The molecule has 25 heavy (non-hydrogen) atoms. The molecule has 136 valence electrons. The van der Waals surface area contributed by atoms with Gasteiger partial charge >= 0.3 is 5.97 Å². The van der Waals surface area contributed by atoms with E-state index in [1.54, 1.807) is 0 Å². The molecule has 0 aliphatic heterocycles. The molecule has 0 atom stereocenters. The number of rotatable bonds is 6. The van der Waals surface area contributed by atoms with Crippen molar-refractivity contribution >= 4 is 34.9 Å². The van der Waals surface area contributed by atoms with Crippen LogP contribution in [0.2, 0.25) is 0 Å². The molecule has 0 aromatic heterocycles. The van der Waals surface area contributed by atoms with Crippen LogP contribution in [0.1, 0.15) is 41.0 Å². The quantitative estimate of drug-likeness (QED) is 0.299. The van der Waals surface area contributed by atoms with Gasteiger partial charge in [0, 0.05) is 24.2 Å². The van der Waals surface area contributed by atoms with Gasteiger partial charge in [0.05, 0.1) is 17.6 Å². The van der Waals surface area contributed by atoms with Crippen LogP contribution < -0.4 is 16.2 Å². The first-order chi connectivity index (χ1) is 11.7. The number of hydrazine groups is 1. The summed E-state index contributed by atoms with van der Waals surface area (Å²) in [6.07, 6.45) is 0.906. The lowest BCUT2D eigenvalue weighted by molar-refractivity contribution is -0.384. The minimum absolute atomic E-state index is 0.0768. The summed E-state index contributed by atoms with van der Waals surface area (Å²) in [6, 6.07) is 3.29. The fourth-order valence-corrected chi connectivity index (χ4v) is 1.94. The Labute approximate surface area is 150 Å². The fraction of sp³-hybridized carbons (Fsp3) is 0.400. The maximum atomic E-state index is 12.1. The van der Waals surface area contributed by atoms with Gasteiger partial charge in [-0.15, -0.1) is 0 Å². The fourth-order valence-electron chi connectivity index (χ4n) is 1.79. The summed E-state index contributed by atoms with van der Waals surface area (Å²) in [4.78, 5) is 34.0. The van der Waals surface area contributed by atoms with E-state index in [1.165, 1.54) is 6.07 Å². The summed E-state index contributed by atoms with van der Waals surface area (Å²) in [5.74, 6) is -0.954. The molecule has 0 saturated carbocycles. The molecule has 10 heteroatoms. The summed E-state index contributed by atoms with van der Waals surface area (Å²) in [5.41, 5.74) is 4.25. The van der Waals surface area contributed by atoms with Gasteiger partial charge in [-0.1, -0.05) is 13.8 Å². The Bertz CT molecular complexity index is 678.